The van der Waals surface area contributed by atoms with Gasteiger partial charge in [-0.15, -0.1) is 0 Å². The molecule has 4 rings (SSSR count). The molecule has 0 amide bonds. The maximum Gasteiger partial charge on any atom is 0.439 e. The van der Waals surface area contributed by atoms with Crippen LogP contribution >= 0.6 is 7.75 Å². The standard InChI is InChI=1S/C22H24F3N2O4P/c1-26(2)8-6-14-13-27(20-12-16(29-3)4-5-17(14)20)32(28)30-9-7-21(31-32)15-10-18(23)22(25)19(24)11-15/h4-5,10-13,21H,6-9H2,1-3H3. The Morgan fingerprint density at radius 1 is 1.19 bits per heavy atom. The molecular weight excluding hydrogens is 444 g/mol. The van der Waals surface area contributed by atoms with Gasteiger partial charge < -0.3 is 9.64 Å². The SMILES string of the molecule is COc1ccc2c(CCN(C)C)cn(P3(=O)OCCC(c4cc(F)c(F)c(F)c4)O3)c2c1. The van der Waals surface area contributed by atoms with Crippen molar-refractivity contribution in [3.05, 3.63) is 65.1 Å². The summed E-state index contributed by atoms with van der Waals surface area (Å²) in [4.78, 5) is 2.04. The number of likely N-dealkylation sites (N-methyl/N-ethyl adjacent to an activating group) is 1. The predicted molar refractivity (Wildman–Crippen MR) is 114 cm³/mol. The van der Waals surface area contributed by atoms with Gasteiger partial charge >= 0.3 is 7.75 Å². The fourth-order valence-electron chi connectivity index (χ4n) is 3.75. The van der Waals surface area contributed by atoms with Gasteiger partial charge in [0.15, 0.2) is 17.5 Å². The monoisotopic (exact) mass is 468 g/mol. The molecule has 1 aromatic heterocycles. The van der Waals surface area contributed by atoms with Crippen molar-refractivity contribution in [2.24, 2.45) is 0 Å². The van der Waals surface area contributed by atoms with Gasteiger partial charge in [0.25, 0.3) is 0 Å². The zero-order chi connectivity index (χ0) is 23.0. The van der Waals surface area contributed by atoms with E-state index in [-0.39, 0.29) is 18.6 Å². The average molecular weight is 468 g/mol. The van der Waals surface area contributed by atoms with Gasteiger partial charge in [-0.2, -0.15) is 0 Å². The lowest BCUT2D eigenvalue weighted by molar-refractivity contribution is 0.0766. The Kier molecular flexibility index (Phi) is 6.36. The summed E-state index contributed by atoms with van der Waals surface area (Å²) in [6.07, 6.45) is 1.71. The molecule has 0 radical (unpaired) electrons. The summed E-state index contributed by atoms with van der Waals surface area (Å²) in [5.74, 6) is -3.64. The van der Waals surface area contributed by atoms with E-state index in [0.29, 0.717) is 17.7 Å². The van der Waals surface area contributed by atoms with Crippen LogP contribution < -0.4 is 4.74 Å². The number of rotatable bonds is 6. The van der Waals surface area contributed by atoms with E-state index in [1.165, 1.54) is 11.4 Å². The molecule has 2 atom stereocenters. The molecule has 2 heterocycles. The van der Waals surface area contributed by atoms with Crippen LogP contribution in [0.4, 0.5) is 13.2 Å². The minimum Gasteiger partial charge on any atom is -0.497 e. The van der Waals surface area contributed by atoms with Crippen LogP contribution in [0, 0.1) is 17.5 Å². The first-order valence-corrected chi connectivity index (χ1v) is 11.6. The number of halogens is 3. The number of aromatic nitrogens is 1. The van der Waals surface area contributed by atoms with Gasteiger partial charge in [-0.05, 0) is 55.9 Å². The molecule has 2 unspecified atom stereocenters. The van der Waals surface area contributed by atoms with Gasteiger partial charge in [0.2, 0.25) is 0 Å². The lowest BCUT2D eigenvalue weighted by Gasteiger charge is -2.30. The molecule has 172 valence electrons. The molecule has 0 saturated carbocycles. The van der Waals surface area contributed by atoms with Crippen LogP contribution in [0.5, 0.6) is 5.75 Å². The molecule has 2 aromatic carbocycles. The second-order valence-corrected chi connectivity index (χ2v) is 9.76. The Balaban J connectivity index is 1.75. The number of benzene rings is 2. The average Bonchev–Trinajstić information content (AvgIpc) is 3.14. The van der Waals surface area contributed by atoms with Crippen LogP contribution in [0.2, 0.25) is 0 Å². The van der Waals surface area contributed by atoms with Crippen LogP contribution in [0.25, 0.3) is 10.9 Å². The molecule has 0 spiro atoms. The first-order chi connectivity index (χ1) is 15.2. The highest BCUT2D eigenvalue weighted by Gasteiger charge is 2.38. The van der Waals surface area contributed by atoms with E-state index in [4.69, 9.17) is 13.8 Å². The first kappa shape index (κ1) is 22.9. The summed E-state index contributed by atoms with van der Waals surface area (Å²) in [7, 11) is 1.53. The zero-order valence-electron chi connectivity index (χ0n) is 18.0. The molecule has 32 heavy (non-hydrogen) atoms. The maximum absolute atomic E-state index is 13.8. The smallest absolute Gasteiger partial charge is 0.439 e. The summed E-state index contributed by atoms with van der Waals surface area (Å²) in [6.45, 7) is 0.813. The van der Waals surface area contributed by atoms with Crippen LogP contribution in [0.1, 0.15) is 23.7 Å². The quantitative estimate of drug-likeness (QED) is 0.363. The van der Waals surface area contributed by atoms with E-state index in [0.717, 1.165) is 29.6 Å². The topological polar surface area (TPSA) is 52.9 Å². The first-order valence-electron chi connectivity index (χ1n) is 10.1. The molecule has 3 aromatic rings. The number of nitrogens with zero attached hydrogens (tertiary/aromatic N) is 2. The van der Waals surface area contributed by atoms with Gasteiger partial charge in [0, 0.05) is 30.6 Å². The van der Waals surface area contributed by atoms with Gasteiger partial charge in [-0.1, -0.05) is 0 Å². The molecule has 6 nitrogen and oxygen atoms in total. The highest BCUT2D eigenvalue weighted by Crippen LogP contribution is 2.59. The van der Waals surface area contributed by atoms with E-state index in [1.54, 1.807) is 12.3 Å². The normalized spacial score (nSPS) is 21.4. The van der Waals surface area contributed by atoms with Crippen LogP contribution in [0.15, 0.2) is 36.5 Å². The molecule has 1 aliphatic rings. The Morgan fingerprint density at radius 3 is 2.56 bits per heavy atom. The second kappa shape index (κ2) is 8.90. The van der Waals surface area contributed by atoms with Crippen molar-refractivity contribution in [3.8, 4) is 5.75 Å². The summed E-state index contributed by atoms with van der Waals surface area (Å²) in [6, 6.07) is 7.16. The van der Waals surface area contributed by atoms with Crippen molar-refractivity contribution in [1.82, 2.24) is 9.24 Å². The highest BCUT2D eigenvalue weighted by molar-refractivity contribution is 7.52. The summed E-state index contributed by atoms with van der Waals surface area (Å²) < 4.78 is 72.9. The van der Waals surface area contributed by atoms with Crippen LogP contribution in [-0.4, -0.2) is 43.6 Å². The highest BCUT2D eigenvalue weighted by atomic mass is 31.2. The van der Waals surface area contributed by atoms with Crippen molar-refractivity contribution >= 4 is 18.6 Å². The summed E-state index contributed by atoms with van der Waals surface area (Å²) in [5, 5.41) is 0.871. The Hall–Kier alpha value is -2.32. The number of methoxy groups -OCH3 is 1. The van der Waals surface area contributed by atoms with Crippen molar-refractivity contribution in [2.45, 2.75) is 18.9 Å². The third-order valence-corrected chi connectivity index (χ3v) is 7.33. The van der Waals surface area contributed by atoms with Crippen molar-refractivity contribution in [3.63, 3.8) is 0 Å². The third-order valence-electron chi connectivity index (χ3n) is 5.44. The summed E-state index contributed by atoms with van der Waals surface area (Å²) in [5.41, 5.74) is 1.60. The van der Waals surface area contributed by atoms with Crippen molar-refractivity contribution in [2.75, 3.05) is 34.4 Å². The minimum absolute atomic E-state index is 0.0409. The van der Waals surface area contributed by atoms with Crippen LogP contribution in [0.3, 0.4) is 0 Å². The lowest BCUT2D eigenvalue weighted by Crippen LogP contribution is -2.18. The minimum atomic E-state index is -3.92. The van der Waals surface area contributed by atoms with Crippen molar-refractivity contribution in [1.29, 1.82) is 0 Å². The number of hydrogen-bond acceptors (Lipinski definition) is 5. The number of fused-ring (bicyclic) bond motifs is 1. The number of ether oxygens (including phenoxy) is 1. The maximum atomic E-state index is 13.8. The second-order valence-electron chi connectivity index (χ2n) is 7.92. The van der Waals surface area contributed by atoms with E-state index < -0.39 is 31.3 Å². The van der Waals surface area contributed by atoms with E-state index in [1.807, 2.05) is 31.1 Å². The molecule has 0 aliphatic carbocycles. The summed E-state index contributed by atoms with van der Waals surface area (Å²) >= 11 is 0. The molecule has 1 saturated heterocycles. The Morgan fingerprint density at radius 2 is 1.91 bits per heavy atom. The fraction of sp³-hybridized carbons (Fsp3) is 0.364. The lowest BCUT2D eigenvalue weighted by atomic mass is 10.1. The zero-order valence-corrected chi connectivity index (χ0v) is 18.9. The largest absolute Gasteiger partial charge is 0.497 e. The molecular formula is C22H24F3N2O4P. The number of hydrogen-bond donors (Lipinski definition) is 0. The van der Waals surface area contributed by atoms with Crippen LogP contribution in [-0.2, 0) is 20.0 Å². The van der Waals surface area contributed by atoms with Gasteiger partial charge in [0.05, 0.1) is 25.3 Å². The Bertz CT molecular complexity index is 1170. The van der Waals surface area contributed by atoms with Crippen molar-refractivity contribution < 1.29 is 31.5 Å². The third kappa shape index (κ3) is 4.30. The molecule has 10 heteroatoms. The van der Waals surface area contributed by atoms with E-state index in [9.17, 15) is 17.7 Å². The fourth-order valence-corrected chi connectivity index (χ4v) is 5.63. The molecule has 1 aliphatic heterocycles. The van der Waals surface area contributed by atoms with E-state index in [2.05, 4.69) is 0 Å². The Labute approximate surface area is 184 Å². The van der Waals surface area contributed by atoms with Gasteiger partial charge in [-0.25, -0.2) is 17.7 Å². The van der Waals surface area contributed by atoms with E-state index >= 15 is 0 Å². The van der Waals surface area contributed by atoms with Gasteiger partial charge in [0.1, 0.15) is 5.75 Å². The molecule has 1 fully saturated rings. The van der Waals surface area contributed by atoms with Gasteiger partial charge in [-0.3, -0.25) is 13.4 Å². The predicted octanol–water partition coefficient (Wildman–Crippen LogP) is 5.31. The molecule has 0 bridgehead atoms. The molecule has 0 N–H and O–H groups in total.